The van der Waals surface area contributed by atoms with Crippen molar-refractivity contribution < 1.29 is 14.3 Å². The van der Waals surface area contributed by atoms with E-state index in [9.17, 15) is 4.79 Å². The summed E-state index contributed by atoms with van der Waals surface area (Å²) in [4.78, 5) is 16.5. The van der Waals surface area contributed by atoms with E-state index in [-0.39, 0.29) is 6.03 Å². The first-order valence-electron chi connectivity index (χ1n) is 7.31. The predicted molar refractivity (Wildman–Crippen MR) is 95.0 cm³/mol. The Morgan fingerprint density at radius 2 is 1.79 bits per heavy atom. The van der Waals surface area contributed by atoms with Crippen molar-refractivity contribution in [2.45, 2.75) is 6.54 Å². The first-order valence-corrected chi connectivity index (χ1v) is 8.13. The van der Waals surface area contributed by atoms with Crippen LogP contribution in [0.4, 0.5) is 9.93 Å². The fourth-order valence-electron chi connectivity index (χ4n) is 2.26. The Kier molecular flexibility index (Phi) is 4.81. The molecule has 0 bridgehead atoms. The summed E-state index contributed by atoms with van der Waals surface area (Å²) in [7, 11) is 3.18. The summed E-state index contributed by atoms with van der Waals surface area (Å²) in [5, 5.41) is 6.04. The molecule has 2 amide bonds. The third-order valence-electron chi connectivity index (χ3n) is 3.43. The minimum Gasteiger partial charge on any atom is -0.495 e. The summed E-state index contributed by atoms with van der Waals surface area (Å²) < 4.78 is 11.5. The molecule has 0 fully saturated rings. The van der Waals surface area contributed by atoms with Crippen LogP contribution in [0.1, 0.15) is 5.56 Å². The molecule has 7 heteroatoms. The summed E-state index contributed by atoms with van der Waals surface area (Å²) in [5.74, 6) is 1.33. The van der Waals surface area contributed by atoms with E-state index < -0.39 is 0 Å². The van der Waals surface area contributed by atoms with Gasteiger partial charge in [0, 0.05) is 6.54 Å². The van der Waals surface area contributed by atoms with Crippen LogP contribution < -0.4 is 20.1 Å². The maximum atomic E-state index is 12.1. The van der Waals surface area contributed by atoms with Gasteiger partial charge in [-0.15, -0.1) is 0 Å². The molecule has 0 saturated carbocycles. The zero-order valence-corrected chi connectivity index (χ0v) is 14.1. The van der Waals surface area contributed by atoms with Crippen molar-refractivity contribution >= 4 is 32.7 Å². The number of ether oxygens (including phenoxy) is 2. The van der Waals surface area contributed by atoms with Crippen LogP contribution in [0.25, 0.3) is 10.2 Å². The zero-order chi connectivity index (χ0) is 16.9. The Morgan fingerprint density at radius 1 is 1.08 bits per heavy atom. The molecule has 0 atom stereocenters. The number of aromatic nitrogens is 1. The third kappa shape index (κ3) is 3.41. The first-order chi connectivity index (χ1) is 11.7. The maximum Gasteiger partial charge on any atom is 0.321 e. The van der Waals surface area contributed by atoms with Gasteiger partial charge < -0.3 is 14.8 Å². The standard InChI is InChI=1S/C17H17N3O3S/c1-22-12-8-9-13(23-2)15-14(12)19-17(24-15)20-16(21)18-10-11-6-4-3-5-7-11/h3-9H,10H2,1-2H3,(H2,18,19,20,21). The molecule has 0 spiro atoms. The van der Waals surface area contributed by atoms with Crippen LogP contribution in [0.3, 0.4) is 0 Å². The molecule has 0 saturated heterocycles. The van der Waals surface area contributed by atoms with E-state index in [1.807, 2.05) is 36.4 Å². The number of anilines is 1. The molecule has 0 aliphatic rings. The lowest BCUT2D eigenvalue weighted by Crippen LogP contribution is -2.28. The average molecular weight is 343 g/mol. The number of hydrogen-bond donors (Lipinski definition) is 2. The van der Waals surface area contributed by atoms with Crippen LogP contribution in [-0.2, 0) is 6.54 Å². The van der Waals surface area contributed by atoms with Crippen molar-refractivity contribution in [1.29, 1.82) is 0 Å². The molecule has 1 heterocycles. The summed E-state index contributed by atoms with van der Waals surface area (Å²) in [6, 6.07) is 13.0. The molecule has 124 valence electrons. The number of amides is 2. The Morgan fingerprint density at radius 3 is 2.50 bits per heavy atom. The van der Waals surface area contributed by atoms with Gasteiger partial charge in [-0.25, -0.2) is 9.78 Å². The van der Waals surface area contributed by atoms with Gasteiger partial charge in [-0.1, -0.05) is 41.7 Å². The van der Waals surface area contributed by atoms with Crippen molar-refractivity contribution in [3.63, 3.8) is 0 Å². The normalized spacial score (nSPS) is 10.4. The minimum absolute atomic E-state index is 0.309. The van der Waals surface area contributed by atoms with Gasteiger partial charge >= 0.3 is 6.03 Å². The van der Waals surface area contributed by atoms with Crippen molar-refractivity contribution in [2.75, 3.05) is 19.5 Å². The van der Waals surface area contributed by atoms with E-state index in [0.717, 1.165) is 10.3 Å². The van der Waals surface area contributed by atoms with Crippen LogP contribution in [0.15, 0.2) is 42.5 Å². The van der Waals surface area contributed by atoms with Gasteiger partial charge in [-0.05, 0) is 17.7 Å². The van der Waals surface area contributed by atoms with Gasteiger partial charge in [-0.3, -0.25) is 5.32 Å². The van der Waals surface area contributed by atoms with Crippen molar-refractivity contribution in [2.24, 2.45) is 0 Å². The number of urea groups is 1. The number of carbonyl (C=O) groups excluding carboxylic acids is 1. The molecule has 0 radical (unpaired) electrons. The van der Waals surface area contributed by atoms with E-state index in [4.69, 9.17) is 9.47 Å². The molecular formula is C17H17N3O3S. The molecule has 1 aromatic heterocycles. The van der Waals surface area contributed by atoms with Gasteiger partial charge in [0.05, 0.1) is 14.2 Å². The molecule has 0 unspecified atom stereocenters. The fraction of sp³-hybridized carbons (Fsp3) is 0.176. The number of nitrogens with zero attached hydrogens (tertiary/aromatic N) is 1. The van der Waals surface area contributed by atoms with E-state index in [2.05, 4.69) is 15.6 Å². The molecule has 2 N–H and O–H groups in total. The lowest BCUT2D eigenvalue weighted by atomic mass is 10.2. The lowest BCUT2D eigenvalue weighted by molar-refractivity contribution is 0.251. The molecular weight excluding hydrogens is 326 g/mol. The van der Waals surface area contributed by atoms with Gasteiger partial charge in [0.1, 0.15) is 21.7 Å². The SMILES string of the molecule is COc1ccc(OC)c2sc(NC(=O)NCc3ccccc3)nc12. The van der Waals surface area contributed by atoms with Crippen molar-refractivity contribution in [3.05, 3.63) is 48.0 Å². The van der Waals surface area contributed by atoms with E-state index >= 15 is 0 Å². The van der Waals surface area contributed by atoms with Crippen LogP contribution in [0, 0.1) is 0 Å². The van der Waals surface area contributed by atoms with Crippen LogP contribution in [0.2, 0.25) is 0 Å². The highest BCUT2D eigenvalue weighted by Crippen LogP contribution is 2.38. The molecule has 24 heavy (non-hydrogen) atoms. The zero-order valence-electron chi connectivity index (χ0n) is 13.3. The third-order valence-corrected chi connectivity index (χ3v) is 4.41. The maximum absolute atomic E-state index is 12.1. The molecule has 2 aromatic carbocycles. The Labute approximate surface area is 143 Å². The quantitative estimate of drug-likeness (QED) is 0.742. The highest BCUT2D eigenvalue weighted by atomic mass is 32.1. The minimum atomic E-state index is -0.309. The van der Waals surface area contributed by atoms with Crippen LogP contribution >= 0.6 is 11.3 Å². The molecule has 0 aliphatic heterocycles. The summed E-state index contributed by atoms with van der Waals surface area (Å²) in [6.07, 6.45) is 0. The Bertz CT molecular complexity index is 808. The number of thiazole rings is 1. The highest BCUT2D eigenvalue weighted by molar-refractivity contribution is 7.22. The van der Waals surface area contributed by atoms with Gasteiger partial charge in [0.2, 0.25) is 0 Å². The number of hydrogen-bond acceptors (Lipinski definition) is 5. The summed E-state index contributed by atoms with van der Waals surface area (Å²) in [6.45, 7) is 0.449. The fourth-order valence-corrected chi connectivity index (χ4v) is 3.23. The topological polar surface area (TPSA) is 72.5 Å². The largest absolute Gasteiger partial charge is 0.495 e. The van der Waals surface area contributed by atoms with Gasteiger partial charge in [0.15, 0.2) is 5.13 Å². The second kappa shape index (κ2) is 7.18. The van der Waals surface area contributed by atoms with Crippen LogP contribution in [-0.4, -0.2) is 25.2 Å². The van der Waals surface area contributed by atoms with Crippen molar-refractivity contribution in [1.82, 2.24) is 10.3 Å². The Balaban J connectivity index is 1.74. The first kappa shape index (κ1) is 16.1. The summed E-state index contributed by atoms with van der Waals surface area (Å²) >= 11 is 1.34. The number of rotatable bonds is 5. The predicted octanol–water partition coefficient (Wildman–Crippen LogP) is 3.64. The second-order valence-electron chi connectivity index (χ2n) is 4.96. The van der Waals surface area contributed by atoms with E-state index in [0.29, 0.717) is 28.7 Å². The van der Waals surface area contributed by atoms with E-state index in [1.54, 1.807) is 20.3 Å². The van der Waals surface area contributed by atoms with Crippen LogP contribution in [0.5, 0.6) is 11.5 Å². The number of nitrogens with one attached hydrogen (secondary N) is 2. The number of methoxy groups -OCH3 is 2. The Hall–Kier alpha value is -2.80. The lowest BCUT2D eigenvalue weighted by Gasteiger charge is -2.05. The van der Waals surface area contributed by atoms with Gasteiger partial charge in [-0.2, -0.15) is 0 Å². The highest BCUT2D eigenvalue weighted by Gasteiger charge is 2.15. The molecule has 0 aliphatic carbocycles. The molecule has 6 nitrogen and oxygen atoms in total. The second-order valence-corrected chi connectivity index (χ2v) is 5.96. The number of carbonyl (C=O) groups is 1. The van der Waals surface area contributed by atoms with Gasteiger partial charge in [0.25, 0.3) is 0 Å². The molecule has 3 rings (SSSR count). The molecule has 3 aromatic rings. The number of fused-ring (bicyclic) bond motifs is 1. The monoisotopic (exact) mass is 343 g/mol. The smallest absolute Gasteiger partial charge is 0.321 e. The summed E-state index contributed by atoms with van der Waals surface area (Å²) in [5.41, 5.74) is 1.69. The van der Waals surface area contributed by atoms with Crippen molar-refractivity contribution in [3.8, 4) is 11.5 Å². The van der Waals surface area contributed by atoms with E-state index in [1.165, 1.54) is 11.3 Å². The number of benzene rings is 2. The average Bonchev–Trinajstić information content (AvgIpc) is 3.03.